The topological polar surface area (TPSA) is 121 Å². The number of hydrogen-bond acceptors (Lipinski definition) is 4. The summed E-state index contributed by atoms with van der Waals surface area (Å²) in [5.74, 6) is 0. The first-order valence-corrected chi connectivity index (χ1v) is 5.30. The van der Waals surface area contributed by atoms with Crippen LogP contribution in [0, 0.1) is 10.1 Å². The molecule has 2 N–H and O–H groups in total. The number of hydrogen-bond donors (Lipinski definition) is 2. The van der Waals surface area contributed by atoms with Crippen LogP contribution in [0.2, 0.25) is 0 Å². The lowest BCUT2D eigenvalue weighted by Crippen LogP contribution is -2.17. The zero-order valence-corrected chi connectivity index (χ0v) is 9.17. The van der Waals surface area contributed by atoms with Crippen LogP contribution in [0.3, 0.4) is 0 Å². The van der Waals surface area contributed by atoms with Gasteiger partial charge in [-0.1, -0.05) is 18.2 Å². The Balaban J connectivity index is 0.000000385. The van der Waals surface area contributed by atoms with Crippen LogP contribution in [0.15, 0.2) is 30.3 Å². The second-order valence-electron chi connectivity index (χ2n) is 2.28. The molecule has 0 fully saturated rings. The molecule has 0 radical (unpaired) electrons. The van der Waals surface area contributed by atoms with Crippen molar-refractivity contribution in [2.24, 2.45) is 0 Å². The van der Waals surface area contributed by atoms with Gasteiger partial charge in [0, 0.05) is 4.53 Å². The van der Waals surface area contributed by atoms with Gasteiger partial charge in [0.15, 0.2) is 5.03 Å². The molecule has 0 unspecified atom stereocenters. The van der Waals surface area contributed by atoms with E-state index in [4.69, 9.17) is 29.3 Å². The van der Waals surface area contributed by atoms with E-state index in [0.29, 0.717) is 10.2 Å². The van der Waals surface area contributed by atoms with Gasteiger partial charge in [-0.15, -0.1) is 0 Å². The highest BCUT2D eigenvalue weighted by Crippen LogP contribution is 2.14. The van der Waals surface area contributed by atoms with E-state index in [-0.39, 0.29) is 0 Å². The van der Waals surface area contributed by atoms with Gasteiger partial charge in [-0.3, -0.25) is 9.11 Å². The van der Waals surface area contributed by atoms with Crippen LogP contribution in [0.5, 0.6) is 0 Å². The Morgan fingerprint density at radius 3 is 1.94 bits per heavy atom. The normalized spacial score (nSPS) is 9.94. The molecule has 0 aliphatic carbocycles. The molecule has 0 bridgehead atoms. The second-order valence-corrected chi connectivity index (χ2v) is 3.50. The lowest BCUT2D eigenvalue weighted by molar-refractivity contribution is -0.475. The molecule has 0 saturated carbocycles. The molecule has 1 aromatic rings. The third kappa shape index (κ3) is 7.94. The largest absolute Gasteiger partial charge is 0.394 e. The van der Waals surface area contributed by atoms with E-state index in [9.17, 15) is 10.1 Å². The van der Waals surface area contributed by atoms with E-state index >= 15 is 0 Å². The Kier molecular flexibility index (Phi) is 5.67. The number of para-hydroxylation sites is 1. The fourth-order valence-corrected chi connectivity index (χ4v) is 0.758. The maximum absolute atomic E-state index is 10.1. The highest BCUT2D eigenvalue weighted by Gasteiger charge is 2.11. The van der Waals surface area contributed by atoms with Crippen LogP contribution in [0.25, 0.3) is 0 Å². The summed E-state index contributed by atoms with van der Waals surface area (Å²) in [6, 6.07) is 8.21. The Morgan fingerprint density at radius 2 is 1.62 bits per heavy atom. The zero-order valence-electron chi connectivity index (χ0n) is 7.59. The first-order valence-electron chi connectivity index (χ1n) is 3.57. The summed E-state index contributed by atoms with van der Waals surface area (Å²) in [5, 5.41) is 9.40. The van der Waals surface area contributed by atoms with Gasteiger partial charge >= 0.3 is 10.4 Å². The van der Waals surface area contributed by atoms with Crippen LogP contribution in [0.4, 0.5) is 5.69 Å². The molecule has 0 heterocycles. The summed E-state index contributed by atoms with van der Waals surface area (Å²) in [7, 11) is -4.67. The van der Waals surface area contributed by atoms with E-state index < -0.39 is 15.4 Å². The third-order valence-corrected chi connectivity index (χ3v) is 1.43. The average Bonchev–Trinajstić information content (AvgIpc) is 2.15. The highest BCUT2D eigenvalue weighted by atomic mass is 35.5. The van der Waals surface area contributed by atoms with Gasteiger partial charge < -0.3 is 0 Å². The summed E-state index contributed by atoms with van der Waals surface area (Å²) in [6.45, 7) is 0. The molecule has 90 valence electrons. The van der Waals surface area contributed by atoms with Crippen LogP contribution in [-0.2, 0) is 10.4 Å². The molecule has 0 aliphatic heterocycles. The van der Waals surface area contributed by atoms with Gasteiger partial charge in [0.1, 0.15) is 5.69 Å². The smallest absolute Gasteiger partial charge is 0.264 e. The van der Waals surface area contributed by atoms with Crippen molar-refractivity contribution in [3.05, 3.63) is 40.4 Å². The quantitative estimate of drug-likeness (QED) is 0.358. The Bertz CT molecular complexity index is 428. The van der Waals surface area contributed by atoms with E-state index in [1.165, 1.54) is 0 Å². The maximum atomic E-state index is 10.1. The van der Waals surface area contributed by atoms with Crippen molar-refractivity contribution in [3.63, 3.8) is 0 Å². The molecule has 1 aromatic carbocycles. The molecule has 16 heavy (non-hydrogen) atoms. The summed E-state index contributed by atoms with van der Waals surface area (Å²) in [5.41, 5.74) is 0.346. The zero-order chi connectivity index (χ0) is 12.8. The fourth-order valence-electron chi connectivity index (χ4n) is 0.645. The number of halogens is 1. The van der Waals surface area contributed by atoms with Crippen LogP contribution >= 0.6 is 11.8 Å². The summed E-state index contributed by atoms with van der Waals surface area (Å²) in [4.78, 5) is 10.1. The van der Waals surface area contributed by atoms with Crippen molar-refractivity contribution in [2.75, 3.05) is 4.53 Å². The minimum atomic E-state index is -4.67. The molecule has 10 heteroatoms. The SMILES string of the molecule is O=S(=O)(O)O.O=[N+]([O-])N(Cl)c1ccccc1. The van der Waals surface area contributed by atoms with Gasteiger partial charge in [-0.25, -0.2) is 10.1 Å². The standard InChI is InChI=1S/C6H5ClN2O2.H2O4S/c7-8(9(10)11)6-4-2-1-3-5-6;1-5(2,3)4/h1-5H;(H2,1,2,3,4). The summed E-state index contributed by atoms with van der Waals surface area (Å²) in [6.07, 6.45) is 0. The van der Waals surface area contributed by atoms with E-state index in [1.54, 1.807) is 30.3 Å². The number of nitrogens with zero attached hydrogens (tertiary/aromatic N) is 2. The van der Waals surface area contributed by atoms with Gasteiger partial charge in [-0.05, 0) is 12.1 Å². The number of anilines is 1. The van der Waals surface area contributed by atoms with Crippen LogP contribution in [0.1, 0.15) is 0 Å². The van der Waals surface area contributed by atoms with E-state index in [1.807, 2.05) is 0 Å². The molecule has 0 saturated heterocycles. The Morgan fingerprint density at radius 1 is 1.25 bits per heavy atom. The molecule has 8 nitrogen and oxygen atoms in total. The molecular formula is C6H7ClN2O6S. The molecule has 0 spiro atoms. The monoisotopic (exact) mass is 270 g/mol. The number of nitro groups is 1. The average molecular weight is 271 g/mol. The number of benzene rings is 1. The molecule has 0 atom stereocenters. The molecule has 1 rings (SSSR count). The first-order chi connectivity index (χ1) is 7.22. The van der Waals surface area contributed by atoms with Crippen molar-refractivity contribution in [1.82, 2.24) is 0 Å². The van der Waals surface area contributed by atoms with Crippen molar-refractivity contribution < 1.29 is 22.6 Å². The van der Waals surface area contributed by atoms with Crippen LogP contribution < -0.4 is 4.53 Å². The first kappa shape index (κ1) is 14.6. The molecular weight excluding hydrogens is 264 g/mol. The van der Waals surface area contributed by atoms with Gasteiger partial charge in [0.05, 0.1) is 11.8 Å². The van der Waals surface area contributed by atoms with Gasteiger partial charge in [0.2, 0.25) is 0 Å². The van der Waals surface area contributed by atoms with Crippen LogP contribution in [-0.4, -0.2) is 22.6 Å². The van der Waals surface area contributed by atoms with Gasteiger partial charge in [0.25, 0.3) is 0 Å². The number of hydrazine groups is 1. The van der Waals surface area contributed by atoms with Crippen molar-refractivity contribution in [2.45, 2.75) is 0 Å². The molecule has 0 amide bonds. The second kappa shape index (κ2) is 6.23. The van der Waals surface area contributed by atoms with E-state index in [2.05, 4.69) is 0 Å². The minimum Gasteiger partial charge on any atom is -0.264 e. The van der Waals surface area contributed by atoms with Crippen molar-refractivity contribution >= 4 is 27.9 Å². The Hall–Kier alpha value is -1.42. The highest BCUT2D eigenvalue weighted by molar-refractivity contribution is 7.79. The van der Waals surface area contributed by atoms with E-state index in [0.717, 1.165) is 0 Å². The third-order valence-electron chi connectivity index (χ3n) is 1.11. The lowest BCUT2D eigenvalue weighted by atomic mass is 10.3. The van der Waals surface area contributed by atoms with Gasteiger partial charge in [-0.2, -0.15) is 8.42 Å². The predicted octanol–water partition coefficient (Wildman–Crippen LogP) is 1.19. The summed E-state index contributed by atoms with van der Waals surface area (Å²) >= 11 is 5.28. The predicted molar refractivity (Wildman–Crippen MR) is 55.9 cm³/mol. The lowest BCUT2D eigenvalue weighted by Gasteiger charge is -2.02. The minimum absolute atomic E-state index is 0.346. The number of rotatable bonds is 2. The van der Waals surface area contributed by atoms with Crippen molar-refractivity contribution in [1.29, 1.82) is 0 Å². The van der Waals surface area contributed by atoms with Crippen molar-refractivity contribution in [3.8, 4) is 0 Å². The molecule has 0 aromatic heterocycles. The summed E-state index contributed by atoms with van der Waals surface area (Å²) < 4.78 is 32.0. The maximum Gasteiger partial charge on any atom is 0.394 e. The fraction of sp³-hybridized carbons (Fsp3) is 0. The Labute approximate surface area is 95.9 Å². The molecule has 0 aliphatic rings.